The van der Waals surface area contributed by atoms with Crippen molar-refractivity contribution in [2.24, 2.45) is 0 Å². The Bertz CT molecular complexity index is 317. The van der Waals surface area contributed by atoms with Crippen LogP contribution in [0.1, 0.15) is 12.0 Å². The number of allylic oxidation sites excluding steroid dienone is 4. The normalized spacial score (nSPS) is 10.3. The van der Waals surface area contributed by atoms with Crippen LogP contribution in [-0.4, -0.2) is 0 Å². The number of aryl methyl sites for hydroxylation is 1. The van der Waals surface area contributed by atoms with Crippen molar-refractivity contribution in [3.05, 3.63) is 72.9 Å². The molecule has 1 rings (SSSR count). The monoisotopic (exact) mass is 184 g/mol. The lowest BCUT2D eigenvalue weighted by atomic mass is 10.1. The van der Waals surface area contributed by atoms with Gasteiger partial charge in [0, 0.05) is 0 Å². The van der Waals surface area contributed by atoms with Gasteiger partial charge in [-0.15, -0.1) is 0 Å². The van der Waals surface area contributed by atoms with Crippen molar-refractivity contribution in [3.63, 3.8) is 0 Å². The Morgan fingerprint density at radius 1 is 1.21 bits per heavy atom. The van der Waals surface area contributed by atoms with Crippen LogP contribution in [0.15, 0.2) is 67.3 Å². The van der Waals surface area contributed by atoms with Crippen molar-refractivity contribution in [3.8, 4) is 0 Å². The molecular formula is C14H16. The van der Waals surface area contributed by atoms with Gasteiger partial charge in [-0.25, -0.2) is 0 Å². The minimum absolute atomic E-state index is 1.01. The van der Waals surface area contributed by atoms with Gasteiger partial charge in [-0.3, -0.25) is 0 Å². The van der Waals surface area contributed by atoms with Crippen molar-refractivity contribution < 1.29 is 0 Å². The zero-order chi connectivity index (χ0) is 10.2. The quantitative estimate of drug-likeness (QED) is 0.608. The van der Waals surface area contributed by atoms with Crippen LogP contribution in [-0.2, 0) is 6.42 Å². The van der Waals surface area contributed by atoms with Crippen molar-refractivity contribution in [1.29, 1.82) is 0 Å². The molecule has 72 valence electrons. The molecule has 0 aliphatic carbocycles. The first-order valence-electron chi connectivity index (χ1n) is 4.83. The predicted molar refractivity (Wildman–Crippen MR) is 63.2 cm³/mol. The van der Waals surface area contributed by atoms with E-state index in [1.165, 1.54) is 5.56 Å². The summed E-state index contributed by atoms with van der Waals surface area (Å²) in [6.45, 7) is 7.60. The summed E-state index contributed by atoms with van der Waals surface area (Å²) >= 11 is 0. The maximum absolute atomic E-state index is 3.97. The van der Waals surface area contributed by atoms with E-state index in [2.05, 4.69) is 37.4 Å². The molecule has 0 radical (unpaired) electrons. The Morgan fingerprint density at radius 2 is 1.93 bits per heavy atom. The molecule has 0 atom stereocenters. The van der Waals surface area contributed by atoms with Crippen LogP contribution in [0.5, 0.6) is 0 Å². The maximum Gasteiger partial charge on any atom is -0.0238 e. The summed E-state index contributed by atoms with van der Waals surface area (Å²) in [7, 11) is 0. The summed E-state index contributed by atoms with van der Waals surface area (Å²) in [5.41, 5.74) is 2.51. The molecule has 0 saturated heterocycles. The smallest absolute Gasteiger partial charge is 0.0238 e. The van der Waals surface area contributed by atoms with Crippen LogP contribution in [0.25, 0.3) is 0 Å². The lowest BCUT2D eigenvalue weighted by Crippen LogP contribution is -1.85. The fourth-order valence-corrected chi connectivity index (χ4v) is 1.24. The summed E-state index contributed by atoms with van der Waals surface area (Å²) in [5.74, 6) is 0. The molecule has 0 fully saturated rings. The highest BCUT2D eigenvalue weighted by Gasteiger charge is 1.92. The second-order valence-corrected chi connectivity index (χ2v) is 3.24. The van der Waals surface area contributed by atoms with Crippen molar-refractivity contribution in [2.45, 2.75) is 12.8 Å². The lowest BCUT2D eigenvalue weighted by molar-refractivity contribution is 0.969. The molecular weight excluding hydrogens is 168 g/mol. The average Bonchev–Trinajstić information content (AvgIpc) is 2.25. The molecule has 0 nitrogen and oxygen atoms in total. The molecule has 0 bridgehead atoms. The summed E-state index contributed by atoms with van der Waals surface area (Å²) in [6.07, 6.45) is 7.77. The van der Waals surface area contributed by atoms with Crippen LogP contribution in [0, 0.1) is 0 Å². The highest BCUT2D eigenvalue weighted by molar-refractivity contribution is 5.21. The molecule has 0 unspecified atom stereocenters. The maximum atomic E-state index is 3.97. The molecule has 0 heteroatoms. The topological polar surface area (TPSA) is 0 Å². The summed E-state index contributed by atoms with van der Waals surface area (Å²) < 4.78 is 0. The van der Waals surface area contributed by atoms with E-state index < -0.39 is 0 Å². The SMILES string of the molecule is C=C/C=C\C(=C)CCc1ccccc1. The Hall–Kier alpha value is -1.56. The van der Waals surface area contributed by atoms with Gasteiger partial charge >= 0.3 is 0 Å². The molecule has 0 amide bonds. The second kappa shape index (κ2) is 5.98. The van der Waals surface area contributed by atoms with Crippen LogP contribution in [0.3, 0.4) is 0 Å². The van der Waals surface area contributed by atoms with Crippen LogP contribution >= 0.6 is 0 Å². The standard InChI is InChI=1S/C14H16/c1-3-4-8-13(2)11-12-14-9-6-5-7-10-14/h3-10H,1-2,11-12H2/b8-4-. The zero-order valence-electron chi connectivity index (χ0n) is 8.45. The van der Waals surface area contributed by atoms with Gasteiger partial charge in [-0.1, -0.05) is 67.3 Å². The fraction of sp³-hybridized carbons (Fsp3) is 0.143. The van der Waals surface area contributed by atoms with Gasteiger partial charge in [0.05, 0.1) is 0 Å². The van der Waals surface area contributed by atoms with Gasteiger partial charge in [0.1, 0.15) is 0 Å². The van der Waals surface area contributed by atoms with E-state index in [9.17, 15) is 0 Å². The summed E-state index contributed by atoms with van der Waals surface area (Å²) in [5, 5.41) is 0. The number of rotatable bonds is 5. The van der Waals surface area contributed by atoms with Crippen molar-refractivity contribution in [1.82, 2.24) is 0 Å². The van der Waals surface area contributed by atoms with Gasteiger partial charge in [0.2, 0.25) is 0 Å². The second-order valence-electron chi connectivity index (χ2n) is 3.24. The van der Waals surface area contributed by atoms with Crippen molar-refractivity contribution in [2.75, 3.05) is 0 Å². The third-order valence-corrected chi connectivity index (χ3v) is 2.05. The Morgan fingerprint density at radius 3 is 2.57 bits per heavy atom. The zero-order valence-corrected chi connectivity index (χ0v) is 8.45. The van der Waals surface area contributed by atoms with Crippen LogP contribution in [0.4, 0.5) is 0 Å². The van der Waals surface area contributed by atoms with Gasteiger partial charge < -0.3 is 0 Å². The Balaban J connectivity index is 2.38. The summed E-state index contributed by atoms with van der Waals surface area (Å²) in [6, 6.07) is 10.5. The van der Waals surface area contributed by atoms with Gasteiger partial charge in [0.15, 0.2) is 0 Å². The Labute approximate surface area is 86.3 Å². The average molecular weight is 184 g/mol. The van der Waals surface area contributed by atoms with Gasteiger partial charge in [0.25, 0.3) is 0 Å². The Kier molecular flexibility index (Phi) is 4.49. The largest absolute Gasteiger partial charge is 0.0991 e. The van der Waals surface area contributed by atoms with Gasteiger partial charge in [-0.05, 0) is 18.4 Å². The van der Waals surface area contributed by atoms with E-state index in [-0.39, 0.29) is 0 Å². The van der Waals surface area contributed by atoms with Gasteiger partial charge in [-0.2, -0.15) is 0 Å². The molecule has 0 aliphatic heterocycles. The van der Waals surface area contributed by atoms with E-state index in [0.29, 0.717) is 0 Å². The molecule has 14 heavy (non-hydrogen) atoms. The first-order chi connectivity index (χ1) is 6.83. The minimum Gasteiger partial charge on any atom is -0.0991 e. The van der Waals surface area contributed by atoms with E-state index in [4.69, 9.17) is 0 Å². The predicted octanol–water partition coefficient (Wildman–Crippen LogP) is 3.92. The van der Waals surface area contributed by atoms with E-state index >= 15 is 0 Å². The molecule has 0 N–H and O–H groups in total. The van der Waals surface area contributed by atoms with E-state index in [1.807, 2.05) is 18.2 Å². The lowest BCUT2D eigenvalue weighted by Gasteiger charge is -2.00. The number of hydrogen-bond acceptors (Lipinski definition) is 0. The highest BCUT2D eigenvalue weighted by atomic mass is 14.0. The first kappa shape index (κ1) is 10.5. The third-order valence-electron chi connectivity index (χ3n) is 2.05. The molecule has 0 saturated carbocycles. The molecule has 0 aromatic heterocycles. The fourth-order valence-electron chi connectivity index (χ4n) is 1.24. The molecule has 0 spiro atoms. The molecule has 1 aromatic rings. The van der Waals surface area contributed by atoms with E-state index in [0.717, 1.165) is 18.4 Å². The molecule has 0 heterocycles. The summed E-state index contributed by atoms with van der Waals surface area (Å²) in [4.78, 5) is 0. The molecule has 0 aliphatic rings. The van der Waals surface area contributed by atoms with Crippen LogP contribution in [0.2, 0.25) is 0 Å². The molecule has 1 aromatic carbocycles. The van der Waals surface area contributed by atoms with Crippen molar-refractivity contribution >= 4 is 0 Å². The van der Waals surface area contributed by atoms with E-state index in [1.54, 1.807) is 6.08 Å². The number of benzene rings is 1. The first-order valence-corrected chi connectivity index (χ1v) is 4.83. The van der Waals surface area contributed by atoms with Crippen LogP contribution < -0.4 is 0 Å². The third kappa shape index (κ3) is 3.90. The minimum atomic E-state index is 1.01. The highest BCUT2D eigenvalue weighted by Crippen LogP contribution is 2.08. The number of hydrogen-bond donors (Lipinski definition) is 0.